The Morgan fingerprint density at radius 1 is 1.18 bits per heavy atom. The van der Waals surface area contributed by atoms with Gasteiger partial charge in [-0.1, -0.05) is 6.42 Å². The van der Waals surface area contributed by atoms with Gasteiger partial charge in [-0.3, -0.25) is 4.90 Å². The quantitative estimate of drug-likeness (QED) is 0.809. The molecule has 100 valence electrons. The molecule has 1 N–H and O–H groups in total. The van der Waals surface area contributed by atoms with Crippen molar-refractivity contribution < 1.29 is 8.42 Å². The second-order valence-electron chi connectivity index (χ2n) is 5.33. The Hall–Kier alpha value is -0.130. The van der Waals surface area contributed by atoms with Crippen molar-refractivity contribution in [3.05, 3.63) is 0 Å². The summed E-state index contributed by atoms with van der Waals surface area (Å²) in [7, 11) is -0.728. The van der Waals surface area contributed by atoms with Gasteiger partial charge >= 0.3 is 0 Å². The SMILES string of the molecule is CNCC1CCCCN1C1CCS(=O)(=O)CC1. The maximum absolute atomic E-state index is 11.5. The van der Waals surface area contributed by atoms with Crippen molar-refractivity contribution in [3.8, 4) is 0 Å². The van der Waals surface area contributed by atoms with Gasteiger partial charge in [-0.2, -0.15) is 0 Å². The summed E-state index contributed by atoms with van der Waals surface area (Å²) in [5.41, 5.74) is 0. The predicted molar refractivity (Wildman–Crippen MR) is 69.9 cm³/mol. The van der Waals surface area contributed by atoms with Gasteiger partial charge in [0, 0.05) is 18.6 Å². The van der Waals surface area contributed by atoms with E-state index in [9.17, 15) is 8.42 Å². The van der Waals surface area contributed by atoms with E-state index in [1.54, 1.807) is 0 Å². The summed E-state index contributed by atoms with van der Waals surface area (Å²) in [5.74, 6) is 0.779. The first-order chi connectivity index (χ1) is 8.12. The monoisotopic (exact) mass is 260 g/mol. The molecule has 0 bridgehead atoms. The molecular formula is C12H24N2O2S. The Morgan fingerprint density at radius 3 is 2.53 bits per heavy atom. The number of piperidine rings is 1. The van der Waals surface area contributed by atoms with E-state index in [2.05, 4.69) is 10.2 Å². The van der Waals surface area contributed by atoms with Crippen molar-refractivity contribution >= 4 is 9.84 Å². The number of likely N-dealkylation sites (N-methyl/N-ethyl adjacent to an activating group) is 1. The molecule has 0 amide bonds. The van der Waals surface area contributed by atoms with Crippen molar-refractivity contribution in [1.29, 1.82) is 0 Å². The van der Waals surface area contributed by atoms with Crippen molar-refractivity contribution in [2.24, 2.45) is 0 Å². The van der Waals surface area contributed by atoms with Crippen LogP contribution in [0, 0.1) is 0 Å². The van der Waals surface area contributed by atoms with Crippen molar-refractivity contribution in [1.82, 2.24) is 10.2 Å². The number of nitrogens with one attached hydrogen (secondary N) is 1. The second kappa shape index (κ2) is 5.67. The van der Waals surface area contributed by atoms with Crippen LogP contribution < -0.4 is 5.32 Å². The van der Waals surface area contributed by atoms with E-state index in [0.29, 0.717) is 23.6 Å². The topological polar surface area (TPSA) is 49.4 Å². The van der Waals surface area contributed by atoms with E-state index < -0.39 is 9.84 Å². The largest absolute Gasteiger partial charge is 0.318 e. The number of sulfone groups is 1. The van der Waals surface area contributed by atoms with Crippen LogP contribution in [0.2, 0.25) is 0 Å². The minimum atomic E-state index is -2.73. The molecule has 17 heavy (non-hydrogen) atoms. The maximum Gasteiger partial charge on any atom is 0.150 e. The molecule has 2 saturated heterocycles. The van der Waals surface area contributed by atoms with Crippen LogP contribution in [0.1, 0.15) is 32.1 Å². The standard InChI is InChI=1S/C12H24N2O2S/c1-13-10-12-4-2-3-7-14(12)11-5-8-17(15,16)9-6-11/h11-13H,2-10H2,1H3. The normalized spacial score (nSPS) is 31.5. The molecule has 4 nitrogen and oxygen atoms in total. The lowest BCUT2D eigenvalue weighted by molar-refractivity contribution is 0.0885. The van der Waals surface area contributed by atoms with Crippen LogP contribution in [0.25, 0.3) is 0 Å². The molecule has 0 aromatic carbocycles. The highest BCUT2D eigenvalue weighted by molar-refractivity contribution is 7.91. The van der Waals surface area contributed by atoms with Crippen LogP contribution in [-0.2, 0) is 9.84 Å². The second-order valence-corrected chi connectivity index (χ2v) is 7.63. The lowest BCUT2D eigenvalue weighted by Gasteiger charge is -2.42. The zero-order chi connectivity index (χ0) is 12.3. The van der Waals surface area contributed by atoms with Crippen LogP contribution in [-0.4, -0.2) is 57.0 Å². The van der Waals surface area contributed by atoms with Gasteiger partial charge in [0.05, 0.1) is 11.5 Å². The molecule has 2 aliphatic heterocycles. The minimum absolute atomic E-state index is 0.389. The van der Waals surface area contributed by atoms with Crippen molar-refractivity contribution in [3.63, 3.8) is 0 Å². The lowest BCUT2D eigenvalue weighted by atomic mass is 9.97. The summed E-state index contributed by atoms with van der Waals surface area (Å²) in [4.78, 5) is 2.56. The van der Waals surface area contributed by atoms with E-state index >= 15 is 0 Å². The third kappa shape index (κ3) is 3.42. The van der Waals surface area contributed by atoms with E-state index in [1.165, 1.54) is 19.3 Å². The smallest absolute Gasteiger partial charge is 0.150 e. The van der Waals surface area contributed by atoms with Gasteiger partial charge in [0.2, 0.25) is 0 Å². The Morgan fingerprint density at radius 2 is 1.88 bits per heavy atom. The molecule has 0 spiro atoms. The van der Waals surface area contributed by atoms with Gasteiger partial charge < -0.3 is 5.32 Å². The molecule has 0 aliphatic carbocycles. The molecule has 1 unspecified atom stereocenters. The molecular weight excluding hydrogens is 236 g/mol. The van der Waals surface area contributed by atoms with Gasteiger partial charge in [-0.15, -0.1) is 0 Å². The van der Waals surface area contributed by atoms with Crippen molar-refractivity contribution in [2.45, 2.75) is 44.2 Å². The van der Waals surface area contributed by atoms with Crippen LogP contribution in [0.5, 0.6) is 0 Å². The molecule has 0 aromatic heterocycles. The molecule has 0 radical (unpaired) electrons. The van der Waals surface area contributed by atoms with Gasteiger partial charge in [0.25, 0.3) is 0 Å². The Bertz CT molecular complexity index is 326. The van der Waals surface area contributed by atoms with Crippen molar-refractivity contribution in [2.75, 3.05) is 31.6 Å². The van der Waals surface area contributed by atoms with Crippen LogP contribution in [0.4, 0.5) is 0 Å². The molecule has 5 heteroatoms. The van der Waals surface area contributed by atoms with Crippen LogP contribution in [0.15, 0.2) is 0 Å². The highest BCUT2D eigenvalue weighted by Crippen LogP contribution is 2.25. The summed E-state index contributed by atoms with van der Waals surface area (Å²) in [5, 5.41) is 3.26. The zero-order valence-electron chi connectivity index (χ0n) is 10.7. The van der Waals surface area contributed by atoms with E-state index in [4.69, 9.17) is 0 Å². The van der Waals surface area contributed by atoms with Crippen LogP contribution in [0.3, 0.4) is 0 Å². The average molecular weight is 260 g/mol. The van der Waals surface area contributed by atoms with Gasteiger partial charge in [-0.25, -0.2) is 8.42 Å². The third-order valence-electron chi connectivity index (χ3n) is 4.11. The van der Waals surface area contributed by atoms with Gasteiger partial charge in [-0.05, 0) is 39.3 Å². The number of nitrogens with zero attached hydrogens (tertiary/aromatic N) is 1. The van der Waals surface area contributed by atoms with Crippen LogP contribution >= 0.6 is 0 Å². The Balaban J connectivity index is 1.95. The molecule has 0 saturated carbocycles. The van der Waals surface area contributed by atoms with Gasteiger partial charge in [0.1, 0.15) is 9.84 Å². The number of likely N-dealkylation sites (tertiary alicyclic amines) is 1. The summed E-state index contributed by atoms with van der Waals surface area (Å²) in [6, 6.07) is 1.11. The van der Waals surface area contributed by atoms with E-state index in [1.807, 2.05) is 7.05 Å². The number of hydrogen-bond acceptors (Lipinski definition) is 4. The molecule has 0 aromatic rings. The van der Waals surface area contributed by atoms with Gasteiger partial charge in [0.15, 0.2) is 0 Å². The average Bonchev–Trinajstić information content (AvgIpc) is 2.31. The summed E-state index contributed by atoms with van der Waals surface area (Å²) < 4.78 is 22.9. The molecule has 2 aliphatic rings. The molecule has 2 rings (SSSR count). The fourth-order valence-corrected chi connectivity index (χ4v) is 4.63. The Kier molecular flexibility index (Phi) is 4.44. The fourth-order valence-electron chi connectivity index (χ4n) is 3.17. The first-order valence-corrected chi connectivity index (χ1v) is 8.55. The summed E-state index contributed by atoms with van der Waals surface area (Å²) >= 11 is 0. The first kappa shape index (κ1) is 13.3. The van der Waals surface area contributed by atoms with E-state index in [0.717, 1.165) is 25.9 Å². The number of rotatable bonds is 3. The maximum atomic E-state index is 11.5. The summed E-state index contributed by atoms with van der Waals surface area (Å²) in [6.07, 6.45) is 5.51. The lowest BCUT2D eigenvalue weighted by Crippen LogP contribution is -2.52. The fraction of sp³-hybridized carbons (Fsp3) is 1.00. The summed E-state index contributed by atoms with van der Waals surface area (Å²) in [6.45, 7) is 2.18. The Labute approximate surface area is 105 Å². The highest BCUT2D eigenvalue weighted by Gasteiger charge is 2.32. The molecule has 2 heterocycles. The molecule has 1 atom stereocenters. The zero-order valence-corrected chi connectivity index (χ0v) is 11.5. The minimum Gasteiger partial charge on any atom is -0.318 e. The van der Waals surface area contributed by atoms with E-state index in [-0.39, 0.29) is 0 Å². The predicted octanol–water partition coefficient (Wildman–Crippen LogP) is 0.638. The first-order valence-electron chi connectivity index (χ1n) is 6.73. The highest BCUT2D eigenvalue weighted by atomic mass is 32.2. The number of hydrogen-bond donors (Lipinski definition) is 1. The third-order valence-corrected chi connectivity index (χ3v) is 5.82. The molecule has 2 fully saturated rings.